The molecule has 1 aromatic heterocycles. The van der Waals surface area contributed by atoms with Crippen molar-refractivity contribution < 1.29 is 0 Å². The molecule has 90 valence electrons. The van der Waals surface area contributed by atoms with E-state index >= 15 is 0 Å². The van der Waals surface area contributed by atoms with Gasteiger partial charge in [0.1, 0.15) is 0 Å². The van der Waals surface area contributed by atoms with Crippen molar-refractivity contribution in [1.29, 1.82) is 0 Å². The second kappa shape index (κ2) is 7.98. The fraction of sp³-hybridized carbons (Fsp3) is 0.467. The lowest BCUT2D eigenvalue weighted by Gasteiger charge is -1.96. The van der Waals surface area contributed by atoms with Crippen molar-refractivity contribution in [2.75, 3.05) is 0 Å². The van der Waals surface area contributed by atoms with Gasteiger partial charge in [-0.25, -0.2) is 0 Å². The molecule has 0 amide bonds. The van der Waals surface area contributed by atoms with Crippen LogP contribution in [0.1, 0.15) is 39.7 Å². The van der Waals surface area contributed by atoms with Crippen LogP contribution >= 0.6 is 0 Å². The third-order valence-corrected chi connectivity index (χ3v) is 2.04. The largest absolute Gasteiger partial charge is 0.351 e. The van der Waals surface area contributed by atoms with Crippen LogP contribution in [0.15, 0.2) is 30.5 Å². The average Bonchev–Trinajstić information content (AvgIpc) is 2.64. The SMILES string of the molecule is CC.CCC.Cc1ccc2ccn(C)c2c1. The second-order valence-electron chi connectivity index (χ2n) is 3.70. The van der Waals surface area contributed by atoms with E-state index in [1.54, 1.807) is 0 Å². The highest BCUT2D eigenvalue weighted by atomic mass is 14.9. The van der Waals surface area contributed by atoms with Gasteiger partial charge in [0.2, 0.25) is 0 Å². The van der Waals surface area contributed by atoms with E-state index in [9.17, 15) is 0 Å². The Labute approximate surface area is 100 Å². The fourth-order valence-corrected chi connectivity index (χ4v) is 1.37. The summed E-state index contributed by atoms with van der Waals surface area (Å²) in [6.45, 7) is 10.4. The molecule has 0 saturated carbocycles. The Morgan fingerprint density at radius 3 is 2.19 bits per heavy atom. The van der Waals surface area contributed by atoms with E-state index in [-0.39, 0.29) is 0 Å². The lowest BCUT2D eigenvalue weighted by molar-refractivity contribution is 0.968. The van der Waals surface area contributed by atoms with E-state index < -0.39 is 0 Å². The quantitative estimate of drug-likeness (QED) is 0.592. The Bertz CT molecular complexity index is 399. The summed E-state index contributed by atoms with van der Waals surface area (Å²) >= 11 is 0. The summed E-state index contributed by atoms with van der Waals surface area (Å²) in [5.41, 5.74) is 2.63. The molecular weight excluding hydrogens is 194 g/mol. The Morgan fingerprint density at radius 2 is 1.62 bits per heavy atom. The summed E-state index contributed by atoms with van der Waals surface area (Å²) in [6.07, 6.45) is 3.34. The van der Waals surface area contributed by atoms with Gasteiger partial charge in [-0.05, 0) is 30.0 Å². The van der Waals surface area contributed by atoms with E-state index in [2.05, 4.69) is 62.8 Å². The maximum Gasteiger partial charge on any atom is 0.0480 e. The van der Waals surface area contributed by atoms with E-state index in [1.807, 2.05) is 13.8 Å². The zero-order chi connectivity index (χ0) is 12.6. The zero-order valence-electron chi connectivity index (χ0n) is 11.5. The number of hydrogen-bond acceptors (Lipinski definition) is 0. The maximum atomic E-state index is 2.20. The maximum absolute atomic E-state index is 2.20. The van der Waals surface area contributed by atoms with Crippen molar-refractivity contribution in [3.05, 3.63) is 36.0 Å². The number of nitrogens with zero attached hydrogens (tertiary/aromatic N) is 1. The molecule has 0 saturated heterocycles. The number of aromatic nitrogens is 1. The summed E-state index contributed by atoms with van der Waals surface area (Å²) in [4.78, 5) is 0. The Morgan fingerprint density at radius 1 is 1.06 bits per heavy atom. The molecule has 0 spiro atoms. The number of hydrogen-bond donors (Lipinski definition) is 0. The van der Waals surface area contributed by atoms with Crippen LogP contribution in [-0.2, 0) is 7.05 Å². The first kappa shape index (κ1) is 14.8. The van der Waals surface area contributed by atoms with Gasteiger partial charge in [-0.3, -0.25) is 0 Å². The molecule has 2 rings (SSSR count). The van der Waals surface area contributed by atoms with Crippen molar-refractivity contribution >= 4 is 10.9 Å². The Hall–Kier alpha value is -1.24. The van der Waals surface area contributed by atoms with Gasteiger partial charge in [0, 0.05) is 18.8 Å². The van der Waals surface area contributed by atoms with Gasteiger partial charge in [-0.1, -0.05) is 46.2 Å². The van der Waals surface area contributed by atoms with Crippen LogP contribution in [-0.4, -0.2) is 4.57 Å². The predicted molar refractivity (Wildman–Crippen MR) is 75.0 cm³/mol. The lowest BCUT2D eigenvalue weighted by atomic mass is 10.2. The number of aryl methyl sites for hydroxylation is 2. The van der Waals surface area contributed by atoms with E-state index in [4.69, 9.17) is 0 Å². The van der Waals surface area contributed by atoms with Gasteiger partial charge < -0.3 is 4.57 Å². The first-order valence-corrected chi connectivity index (χ1v) is 6.20. The lowest BCUT2D eigenvalue weighted by Crippen LogP contribution is -1.83. The van der Waals surface area contributed by atoms with Gasteiger partial charge in [0.25, 0.3) is 0 Å². The zero-order valence-corrected chi connectivity index (χ0v) is 11.5. The van der Waals surface area contributed by atoms with Crippen LogP contribution in [0.25, 0.3) is 10.9 Å². The van der Waals surface area contributed by atoms with Crippen molar-refractivity contribution in [3.8, 4) is 0 Å². The molecular formula is C15H25N. The molecule has 0 aliphatic rings. The first-order chi connectivity index (χ1) is 7.69. The highest BCUT2D eigenvalue weighted by Gasteiger charge is 1.95. The molecule has 1 heteroatoms. The molecule has 1 nitrogen and oxygen atoms in total. The molecule has 1 aromatic carbocycles. The van der Waals surface area contributed by atoms with Crippen LogP contribution in [0.2, 0.25) is 0 Å². The van der Waals surface area contributed by atoms with Crippen LogP contribution in [0, 0.1) is 6.92 Å². The molecule has 0 aliphatic heterocycles. The molecule has 0 radical (unpaired) electrons. The predicted octanol–water partition coefficient (Wildman–Crippen LogP) is 4.93. The van der Waals surface area contributed by atoms with Crippen LogP contribution in [0.5, 0.6) is 0 Å². The minimum atomic E-state index is 1.25. The highest BCUT2D eigenvalue weighted by Crippen LogP contribution is 2.15. The molecule has 0 aliphatic carbocycles. The van der Waals surface area contributed by atoms with Crippen LogP contribution < -0.4 is 0 Å². The smallest absolute Gasteiger partial charge is 0.0480 e. The van der Waals surface area contributed by atoms with Crippen molar-refractivity contribution in [2.45, 2.75) is 41.0 Å². The molecule has 0 bridgehead atoms. The number of rotatable bonds is 0. The van der Waals surface area contributed by atoms with E-state index in [0.717, 1.165) is 0 Å². The average molecular weight is 219 g/mol. The summed E-state index contributed by atoms with van der Waals surface area (Å²) in [7, 11) is 2.07. The molecule has 0 unspecified atom stereocenters. The minimum absolute atomic E-state index is 1.25. The third kappa shape index (κ3) is 4.09. The van der Waals surface area contributed by atoms with Gasteiger partial charge in [-0.15, -0.1) is 0 Å². The van der Waals surface area contributed by atoms with Gasteiger partial charge >= 0.3 is 0 Å². The first-order valence-electron chi connectivity index (χ1n) is 6.20. The van der Waals surface area contributed by atoms with Crippen molar-refractivity contribution in [2.24, 2.45) is 7.05 Å². The monoisotopic (exact) mass is 219 g/mol. The minimum Gasteiger partial charge on any atom is -0.351 e. The molecule has 0 fully saturated rings. The standard InChI is InChI=1S/C10H11N.C3H8.C2H6/c1-8-3-4-9-5-6-11(2)10(9)7-8;1-3-2;1-2/h3-7H,1-2H3;3H2,1-2H3;1-2H3. The van der Waals surface area contributed by atoms with E-state index in [1.165, 1.54) is 22.9 Å². The molecule has 16 heavy (non-hydrogen) atoms. The highest BCUT2D eigenvalue weighted by molar-refractivity contribution is 5.80. The number of benzene rings is 1. The molecule has 0 atom stereocenters. The topological polar surface area (TPSA) is 4.93 Å². The second-order valence-corrected chi connectivity index (χ2v) is 3.70. The summed E-state index contributed by atoms with van der Waals surface area (Å²) in [5.74, 6) is 0. The summed E-state index contributed by atoms with van der Waals surface area (Å²) in [5, 5.41) is 1.32. The summed E-state index contributed by atoms with van der Waals surface area (Å²) < 4.78 is 2.14. The Balaban J connectivity index is 0.000000394. The normalized spacial score (nSPS) is 8.88. The van der Waals surface area contributed by atoms with Crippen LogP contribution in [0.3, 0.4) is 0 Å². The summed E-state index contributed by atoms with van der Waals surface area (Å²) in [6, 6.07) is 8.64. The fourth-order valence-electron chi connectivity index (χ4n) is 1.37. The van der Waals surface area contributed by atoms with Gasteiger partial charge in [0.05, 0.1) is 0 Å². The van der Waals surface area contributed by atoms with Crippen molar-refractivity contribution in [3.63, 3.8) is 0 Å². The van der Waals surface area contributed by atoms with Crippen molar-refractivity contribution in [1.82, 2.24) is 4.57 Å². The number of fused-ring (bicyclic) bond motifs is 1. The third-order valence-electron chi connectivity index (χ3n) is 2.04. The van der Waals surface area contributed by atoms with Gasteiger partial charge in [-0.2, -0.15) is 0 Å². The molecule has 2 aromatic rings. The van der Waals surface area contributed by atoms with Gasteiger partial charge in [0.15, 0.2) is 0 Å². The van der Waals surface area contributed by atoms with Crippen LogP contribution in [0.4, 0.5) is 0 Å². The molecule has 0 N–H and O–H groups in total. The van der Waals surface area contributed by atoms with E-state index in [0.29, 0.717) is 0 Å². The Kier molecular flexibility index (Phi) is 7.36. The molecule has 1 heterocycles.